The molecule has 108 valence electrons. The maximum Gasteiger partial charge on any atom is 0.0327 e. The summed E-state index contributed by atoms with van der Waals surface area (Å²) in [4.78, 5) is 5.55. The Hall–Kier alpha value is -0.380. The second kappa shape index (κ2) is 6.38. The minimum Gasteiger partial charge on any atom is -0.317 e. The summed E-state index contributed by atoms with van der Waals surface area (Å²) < 4.78 is 0. The predicted octanol–water partition coefficient (Wildman–Crippen LogP) is 3.62. The summed E-state index contributed by atoms with van der Waals surface area (Å²) in [6, 6.07) is 5.37. The van der Waals surface area contributed by atoms with Crippen molar-refractivity contribution < 1.29 is 0 Å². The third-order valence-electron chi connectivity index (χ3n) is 3.97. The molecule has 0 amide bonds. The number of thiophene rings is 1. The van der Waals surface area contributed by atoms with Crippen molar-refractivity contribution in [2.45, 2.75) is 58.0 Å². The SMILES string of the molecule is CN(Cc1ccc(C(C)(C)C)s1)C1CCCNCC1. The molecule has 2 heterocycles. The number of hydrogen-bond acceptors (Lipinski definition) is 3. The fourth-order valence-electron chi connectivity index (χ4n) is 2.68. The Morgan fingerprint density at radius 1 is 1.26 bits per heavy atom. The van der Waals surface area contributed by atoms with Crippen molar-refractivity contribution in [1.82, 2.24) is 10.2 Å². The van der Waals surface area contributed by atoms with Gasteiger partial charge in [0, 0.05) is 22.3 Å². The van der Waals surface area contributed by atoms with Crippen molar-refractivity contribution in [3.8, 4) is 0 Å². The fraction of sp³-hybridized carbons (Fsp3) is 0.750. The average Bonchev–Trinajstić information content (AvgIpc) is 2.63. The molecule has 1 aromatic heterocycles. The quantitative estimate of drug-likeness (QED) is 0.910. The molecular weight excluding hydrogens is 252 g/mol. The van der Waals surface area contributed by atoms with Gasteiger partial charge in [-0.2, -0.15) is 0 Å². The van der Waals surface area contributed by atoms with Gasteiger partial charge in [-0.25, -0.2) is 0 Å². The molecule has 1 aromatic rings. The Balaban J connectivity index is 1.94. The fourth-order valence-corrected chi connectivity index (χ4v) is 3.81. The molecule has 3 heteroatoms. The second-order valence-corrected chi connectivity index (χ2v) is 7.93. The monoisotopic (exact) mass is 280 g/mol. The van der Waals surface area contributed by atoms with Gasteiger partial charge in [0.1, 0.15) is 0 Å². The smallest absolute Gasteiger partial charge is 0.0327 e. The first-order valence-corrected chi connectivity index (χ1v) is 8.28. The maximum absolute atomic E-state index is 3.50. The molecule has 1 aliphatic heterocycles. The lowest BCUT2D eigenvalue weighted by atomic mass is 9.95. The van der Waals surface area contributed by atoms with Crippen LogP contribution < -0.4 is 5.32 Å². The second-order valence-electron chi connectivity index (χ2n) is 6.77. The third-order valence-corrected chi connectivity index (χ3v) is 5.47. The van der Waals surface area contributed by atoms with Crippen molar-refractivity contribution >= 4 is 11.3 Å². The molecule has 1 unspecified atom stereocenters. The molecule has 1 fully saturated rings. The van der Waals surface area contributed by atoms with Crippen LogP contribution in [0.15, 0.2) is 12.1 Å². The van der Waals surface area contributed by atoms with Gasteiger partial charge in [-0.05, 0) is 56.9 Å². The van der Waals surface area contributed by atoms with Crippen LogP contribution in [0.25, 0.3) is 0 Å². The van der Waals surface area contributed by atoms with Crippen LogP contribution in [0.3, 0.4) is 0 Å². The molecule has 2 rings (SSSR count). The van der Waals surface area contributed by atoms with E-state index in [1.54, 1.807) is 0 Å². The molecule has 0 spiro atoms. The summed E-state index contributed by atoms with van der Waals surface area (Å²) in [5.41, 5.74) is 0.285. The molecule has 1 saturated heterocycles. The van der Waals surface area contributed by atoms with Gasteiger partial charge in [-0.15, -0.1) is 11.3 Å². The largest absolute Gasteiger partial charge is 0.317 e. The molecule has 1 N–H and O–H groups in total. The summed E-state index contributed by atoms with van der Waals surface area (Å²) >= 11 is 1.98. The summed E-state index contributed by atoms with van der Waals surface area (Å²) in [5, 5.41) is 3.50. The summed E-state index contributed by atoms with van der Waals surface area (Å²) in [6.07, 6.45) is 3.93. The van der Waals surface area contributed by atoms with Crippen LogP contribution in [0, 0.1) is 0 Å². The van der Waals surface area contributed by atoms with Crippen molar-refractivity contribution in [2.75, 3.05) is 20.1 Å². The number of rotatable bonds is 3. The summed E-state index contributed by atoms with van der Waals surface area (Å²) in [6.45, 7) is 10.4. The van der Waals surface area contributed by atoms with E-state index >= 15 is 0 Å². The van der Waals surface area contributed by atoms with E-state index in [0.29, 0.717) is 0 Å². The van der Waals surface area contributed by atoms with Gasteiger partial charge < -0.3 is 5.32 Å². The Morgan fingerprint density at radius 2 is 2.05 bits per heavy atom. The minimum absolute atomic E-state index is 0.285. The number of nitrogens with zero attached hydrogens (tertiary/aromatic N) is 1. The molecule has 1 atom stereocenters. The zero-order valence-electron chi connectivity index (χ0n) is 12.8. The molecule has 1 aliphatic rings. The summed E-state index contributed by atoms with van der Waals surface area (Å²) in [7, 11) is 2.28. The van der Waals surface area contributed by atoms with Crippen LogP contribution >= 0.6 is 11.3 Å². The highest BCUT2D eigenvalue weighted by atomic mass is 32.1. The van der Waals surface area contributed by atoms with Gasteiger partial charge in [0.25, 0.3) is 0 Å². The lowest BCUT2D eigenvalue weighted by Gasteiger charge is -2.26. The number of hydrogen-bond donors (Lipinski definition) is 1. The Morgan fingerprint density at radius 3 is 2.74 bits per heavy atom. The van der Waals surface area contributed by atoms with Gasteiger partial charge in [0.05, 0.1) is 0 Å². The molecule has 0 bridgehead atoms. The van der Waals surface area contributed by atoms with Crippen LogP contribution in [-0.4, -0.2) is 31.1 Å². The van der Waals surface area contributed by atoms with E-state index in [2.05, 4.69) is 50.2 Å². The van der Waals surface area contributed by atoms with Crippen LogP contribution in [0.1, 0.15) is 49.8 Å². The molecule has 0 aromatic carbocycles. The first-order chi connectivity index (χ1) is 8.97. The van der Waals surface area contributed by atoms with E-state index in [9.17, 15) is 0 Å². The van der Waals surface area contributed by atoms with E-state index in [1.807, 2.05) is 11.3 Å². The van der Waals surface area contributed by atoms with Crippen LogP contribution in [0.5, 0.6) is 0 Å². The van der Waals surface area contributed by atoms with E-state index in [4.69, 9.17) is 0 Å². The van der Waals surface area contributed by atoms with Crippen LogP contribution in [-0.2, 0) is 12.0 Å². The van der Waals surface area contributed by atoms with Gasteiger partial charge in [0.15, 0.2) is 0 Å². The predicted molar refractivity (Wildman–Crippen MR) is 85.0 cm³/mol. The van der Waals surface area contributed by atoms with Crippen LogP contribution in [0.4, 0.5) is 0 Å². The average molecular weight is 280 g/mol. The van der Waals surface area contributed by atoms with E-state index in [1.165, 1.54) is 42.1 Å². The first-order valence-electron chi connectivity index (χ1n) is 7.47. The van der Waals surface area contributed by atoms with Crippen molar-refractivity contribution in [1.29, 1.82) is 0 Å². The topological polar surface area (TPSA) is 15.3 Å². The Bertz CT molecular complexity index is 384. The van der Waals surface area contributed by atoms with Gasteiger partial charge >= 0.3 is 0 Å². The Kier molecular flexibility index (Phi) is 5.04. The standard InChI is InChI=1S/C16H28N2S/c1-16(2,3)15-8-7-14(19-15)12-18(4)13-6-5-10-17-11-9-13/h7-8,13,17H,5-6,9-12H2,1-4H3. The molecule has 0 saturated carbocycles. The minimum atomic E-state index is 0.285. The third kappa shape index (κ3) is 4.30. The molecule has 0 aliphatic carbocycles. The first kappa shape index (κ1) is 15.0. The van der Waals surface area contributed by atoms with E-state index < -0.39 is 0 Å². The van der Waals surface area contributed by atoms with Crippen molar-refractivity contribution in [3.05, 3.63) is 21.9 Å². The highest BCUT2D eigenvalue weighted by Crippen LogP contribution is 2.30. The Labute approximate surface area is 122 Å². The van der Waals surface area contributed by atoms with Crippen molar-refractivity contribution in [2.24, 2.45) is 0 Å². The molecule has 0 radical (unpaired) electrons. The molecule has 2 nitrogen and oxygen atoms in total. The zero-order valence-corrected chi connectivity index (χ0v) is 13.6. The lowest BCUT2D eigenvalue weighted by molar-refractivity contribution is 0.218. The number of nitrogens with one attached hydrogen (secondary N) is 1. The lowest BCUT2D eigenvalue weighted by Crippen LogP contribution is -2.31. The van der Waals surface area contributed by atoms with Crippen molar-refractivity contribution in [3.63, 3.8) is 0 Å². The highest BCUT2D eigenvalue weighted by Gasteiger charge is 2.19. The van der Waals surface area contributed by atoms with Crippen LogP contribution in [0.2, 0.25) is 0 Å². The molecule has 19 heavy (non-hydrogen) atoms. The normalized spacial score (nSPS) is 21.6. The van der Waals surface area contributed by atoms with E-state index in [-0.39, 0.29) is 5.41 Å². The van der Waals surface area contributed by atoms with Gasteiger partial charge in [-0.1, -0.05) is 20.8 Å². The highest BCUT2D eigenvalue weighted by molar-refractivity contribution is 7.12. The zero-order chi connectivity index (χ0) is 13.9. The van der Waals surface area contributed by atoms with E-state index in [0.717, 1.165) is 12.6 Å². The molecular formula is C16H28N2S. The maximum atomic E-state index is 3.50. The van der Waals surface area contributed by atoms with Gasteiger partial charge in [-0.3, -0.25) is 4.90 Å². The van der Waals surface area contributed by atoms with Gasteiger partial charge in [0.2, 0.25) is 0 Å². The summed E-state index contributed by atoms with van der Waals surface area (Å²) in [5.74, 6) is 0.